The number of amides is 1. The summed E-state index contributed by atoms with van der Waals surface area (Å²) < 4.78 is 5.19. The molecular formula is C23H23N5O2S2. The highest BCUT2D eigenvalue weighted by Gasteiger charge is 2.18. The molecular weight excluding hydrogens is 442 g/mol. The minimum Gasteiger partial charge on any atom is -0.497 e. The standard InChI is InChI=1S/C23H23N5O2S2/c1-4-16-5-9-19(10-6-16)28(15(2)29)23-24-18(14-32-23)13-31-22-25-21(26-27-22)17-7-11-20(30-3)12-8-17/h5-12,14H,4,13H2,1-3H3,(H,25,26,27). The largest absolute Gasteiger partial charge is 0.497 e. The first-order valence-electron chi connectivity index (χ1n) is 10.1. The first-order valence-corrected chi connectivity index (χ1v) is 12.0. The molecule has 1 amide bonds. The monoisotopic (exact) mass is 465 g/mol. The number of aryl methyl sites for hydroxylation is 1. The molecule has 7 nitrogen and oxygen atoms in total. The predicted octanol–water partition coefficient (Wildman–Crippen LogP) is 5.48. The zero-order chi connectivity index (χ0) is 22.5. The van der Waals surface area contributed by atoms with E-state index < -0.39 is 0 Å². The maximum absolute atomic E-state index is 12.3. The van der Waals surface area contributed by atoms with Crippen molar-refractivity contribution in [2.45, 2.75) is 31.2 Å². The van der Waals surface area contributed by atoms with Crippen LogP contribution in [0.1, 0.15) is 25.1 Å². The number of anilines is 2. The lowest BCUT2D eigenvalue weighted by atomic mass is 10.1. The smallest absolute Gasteiger partial charge is 0.230 e. The van der Waals surface area contributed by atoms with Crippen LogP contribution in [0.2, 0.25) is 0 Å². The number of aromatic amines is 1. The summed E-state index contributed by atoms with van der Waals surface area (Å²) in [5.41, 5.74) is 3.87. The lowest BCUT2D eigenvalue weighted by molar-refractivity contribution is -0.115. The van der Waals surface area contributed by atoms with Crippen LogP contribution in [0, 0.1) is 0 Å². The van der Waals surface area contributed by atoms with Crippen molar-refractivity contribution in [3.05, 3.63) is 65.2 Å². The summed E-state index contributed by atoms with van der Waals surface area (Å²) in [6.07, 6.45) is 0.959. The predicted molar refractivity (Wildman–Crippen MR) is 129 cm³/mol. The van der Waals surface area contributed by atoms with Crippen molar-refractivity contribution in [3.63, 3.8) is 0 Å². The van der Waals surface area contributed by atoms with Crippen LogP contribution in [0.15, 0.2) is 59.1 Å². The number of thioether (sulfide) groups is 1. The molecule has 0 spiro atoms. The van der Waals surface area contributed by atoms with Crippen molar-refractivity contribution in [1.82, 2.24) is 20.2 Å². The van der Waals surface area contributed by atoms with Gasteiger partial charge in [0.05, 0.1) is 18.5 Å². The van der Waals surface area contributed by atoms with Gasteiger partial charge >= 0.3 is 0 Å². The van der Waals surface area contributed by atoms with Gasteiger partial charge in [0.25, 0.3) is 0 Å². The van der Waals surface area contributed by atoms with Crippen molar-refractivity contribution in [2.24, 2.45) is 0 Å². The van der Waals surface area contributed by atoms with Crippen LogP contribution < -0.4 is 9.64 Å². The van der Waals surface area contributed by atoms with Crippen molar-refractivity contribution in [2.75, 3.05) is 12.0 Å². The molecule has 0 fully saturated rings. The number of rotatable bonds is 8. The Morgan fingerprint density at radius 2 is 1.88 bits per heavy atom. The quantitative estimate of drug-likeness (QED) is 0.347. The Morgan fingerprint density at radius 3 is 2.53 bits per heavy atom. The van der Waals surface area contributed by atoms with Crippen molar-refractivity contribution in [3.8, 4) is 17.1 Å². The number of benzene rings is 2. The van der Waals surface area contributed by atoms with E-state index in [0.29, 0.717) is 21.9 Å². The van der Waals surface area contributed by atoms with E-state index in [4.69, 9.17) is 4.74 Å². The molecule has 0 unspecified atom stereocenters. The molecule has 1 N–H and O–H groups in total. The van der Waals surface area contributed by atoms with Crippen LogP contribution in [-0.2, 0) is 17.0 Å². The molecule has 0 atom stereocenters. The van der Waals surface area contributed by atoms with Gasteiger partial charge in [0, 0.05) is 23.6 Å². The molecule has 2 aromatic carbocycles. The number of methoxy groups -OCH3 is 1. The third-order valence-corrected chi connectivity index (χ3v) is 6.58. The maximum Gasteiger partial charge on any atom is 0.230 e. The first kappa shape index (κ1) is 22.0. The summed E-state index contributed by atoms with van der Waals surface area (Å²) in [6.45, 7) is 3.66. The van der Waals surface area contributed by atoms with Gasteiger partial charge in [-0.25, -0.2) is 9.97 Å². The van der Waals surface area contributed by atoms with Crippen molar-refractivity contribution in [1.29, 1.82) is 0 Å². The van der Waals surface area contributed by atoms with Gasteiger partial charge in [-0.1, -0.05) is 30.8 Å². The zero-order valence-corrected chi connectivity index (χ0v) is 19.7. The lowest BCUT2D eigenvalue weighted by Gasteiger charge is -2.18. The second-order valence-corrected chi connectivity index (χ2v) is 8.76. The van der Waals surface area contributed by atoms with Gasteiger partial charge in [-0.05, 0) is 48.4 Å². The van der Waals surface area contributed by atoms with E-state index in [1.54, 1.807) is 18.9 Å². The highest BCUT2D eigenvalue weighted by Crippen LogP contribution is 2.31. The Bertz CT molecular complexity index is 1190. The number of carbonyl (C=O) groups excluding carboxylic acids is 1. The van der Waals surface area contributed by atoms with E-state index in [-0.39, 0.29) is 5.91 Å². The molecule has 9 heteroatoms. The molecule has 0 aliphatic rings. The summed E-state index contributed by atoms with van der Waals surface area (Å²) in [7, 11) is 1.64. The van der Waals surface area contributed by atoms with Crippen LogP contribution in [0.4, 0.5) is 10.8 Å². The number of ether oxygens (including phenoxy) is 1. The first-order chi connectivity index (χ1) is 15.6. The highest BCUT2D eigenvalue weighted by atomic mass is 32.2. The minimum absolute atomic E-state index is 0.0686. The Labute approximate surface area is 194 Å². The molecule has 32 heavy (non-hydrogen) atoms. The third-order valence-electron chi connectivity index (χ3n) is 4.83. The van der Waals surface area contributed by atoms with Crippen LogP contribution in [0.5, 0.6) is 5.75 Å². The third kappa shape index (κ3) is 5.00. The van der Waals surface area contributed by atoms with Gasteiger partial charge in [-0.3, -0.25) is 14.8 Å². The van der Waals surface area contributed by atoms with Gasteiger partial charge < -0.3 is 4.74 Å². The molecule has 0 aliphatic carbocycles. The van der Waals surface area contributed by atoms with Gasteiger partial charge in [-0.15, -0.1) is 16.4 Å². The van der Waals surface area contributed by atoms with E-state index >= 15 is 0 Å². The molecule has 0 aliphatic heterocycles. The highest BCUT2D eigenvalue weighted by molar-refractivity contribution is 7.98. The van der Waals surface area contributed by atoms with Crippen LogP contribution in [-0.4, -0.2) is 33.2 Å². The van der Waals surface area contributed by atoms with Crippen molar-refractivity contribution >= 4 is 39.8 Å². The fraction of sp³-hybridized carbons (Fsp3) is 0.217. The number of H-pyrrole nitrogens is 1. The van der Waals surface area contributed by atoms with E-state index in [2.05, 4.69) is 27.1 Å². The zero-order valence-electron chi connectivity index (χ0n) is 18.0. The molecule has 164 valence electrons. The topological polar surface area (TPSA) is 84.0 Å². The van der Waals surface area contributed by atoms with Gasteiger partial charge in [-0.2, -0.15) is 0 Å². The maximum atomic E-state index is 12.3. The van der Waals surface area contributed by atoms with Crippen LogP contribution >= 0.6 is 23.1 Å². The molecule has 0 radical (unpaired) electrons. The lowest BCUT2D eigenvalue weighted by Crippen LogP contribution is -2.22. The van der Waals surface area contributed by atoms with Gasteiger partial charge in [0.15, 0.2) is 11.0 Å². The SMILES string of the molecule is CCc1ccc(N(C(C)=O)c2nc(CSc3n[nH]c(-c4ccc(OC)cc4)n3)cs2)cc1. The van der Waals surface area contributed by atoms with Gasteiger partial charge in [0.1, 0.15) is 5.75 Å². The number of nitrogens with zero attached hydrogens (tertiary/aromatic N) is 4. The normalized spacial score (nSPS) is 10.8. The minimum atomic E-state index is -0.0686. The summed E-state index contributed by atoms with van der Waals surface area (Å²) in [6, 6.07) is 15.7. The van der Waals surface area contributed by atoms with Crippen LogP contribution in [0.3, 0.4) is 0 Å². The average molecular weight is 466 g/mol. The number of aromatic nitrogens is 4. The summed E-state index contributed by atoms with van der Waals surface area (Å²) >= 11 is 2.95. The molecule has 2 aromatic heterocycles. The van der Waals surface area contributed by atoms with Gasteiger partial charge in [0.2, 0.25) is 11.1 Å². The Morgan fingerprint density at radius 1 is 1.12 bits per heavy atom. The molecule has 2 heterocycles. The number of thiazole rings is 1. The second kappa shape index (κ2) is 9.97. The fourth-order valence-electron chi connectivity index (χ4n) is 3.10. The van der Waals surface area contributed by atoms with E-state index in [1.165, 1.54) is 28.7 Å². The summed E-state index contributed by atoms with van der Waals surface area (Å²) in [4.78, 5) is 23.2. The number of hydrogen-bond donors (Lipinski definition) is 1. The summed E-state index contributed by atoms with van der Waals surface area (Å²) in [5, 5.41) is 10.5. The van der Waals surface area contributed by atoms with Crippen molar-refractivity contribution < 1.29 is 9.53 Å². The number of hydrogen-bond acceptors (Lipinski definition) is 7. The molecule has 0 saturated heterocycles. The number of carbonyl (C=O) groups is 1. The summed E-state index contributed by atoms with van der Waals surface area (Å²) in [5.74, 6) is 2.04. The number of nitrogens with one attached hydrogen (secondary N) is 1. The Kier molecular flexibility index (Phi) is 6.87. The molecule has 4 aromatic rings. The molecule has 4 rings (SSSR count). The fourth-order valence-corrected chi connectivity index (χ4v) is 4.78. The Balaban J connectivity index is 1.43. The average Bonchev–Trinajstić information content (AvgIpc) is 3.48. The Hall–Kier alpha value is -3.17. The van der Waals surface area contributed by atoms with E-state index in [0.717, 1.165) is 29.1 Å². The molecule has 0 saturated carbocycles. The van der Waals surface area contributed by atoms with E-state index in [9.17, 15) is 4.79 Å². The van der Waals surface area contributed by atoms with E-state index in [1.807, 2.05) is 53.9 Å². The second-order valence-electron chi connectivity index (χ2n) is 6.98. The van der Waals surface area contributed by atoms with Crippen LogP contribution in [0.25, 0.3) is 11.4 Å². The molecule has 0 bridgehead atoms.